The van der Waals surface area contributed by atoms with Crippen molar-refractivity contribution in [3.63, 3.8) is 0 Å². The number of hydrogen-bond donors (Lipinski definition) is 0. The topological polar surface area (TPSA) is 0 Å². The van der Waals surface area contributed by atoms with Gasteiger partial charge in [-0.3, -0.25) is 0 Å². The van der Waals surface area contributed by atoms with Crippen LogP contribution in [0.3, 0.4) is 0 Å². The first-order valence-corrected chi connectivity index (χ1v) is 3.00. The van der Waals surface area contributed by atoms with Crippen LogP contribution in [0.1, 0.15) is 0 Å². The second kappa shape index (κ2) is 3.79. The molecule has 0 aromatic carbocycles. The fraction of sp³-hybridized carbons (Fsp3) is 1.00. The molecule has 0 N–H and O–H groups in total. The van der Waals surface area contributed by atoms with Crippen LogP contribution in [0.4, 0.5) is 0 Å². The summed E-state index contributed by atoms with van der Waals surface area (Å²) in [4.78, 5) is 0. The van der Waals surface area contributed by atoms with Crippen molar-refractivity contribution >= 4 is 29.9 Å². The van der Waals surface area contributed by atoms with Gasteiger partial charge < -0.3 is 0 Å². The molecule has 0 aliphatic carbocycles. The van der Waals surface area contributed by atoms with Crippen molar-refractivity contribution in [1.29, 1.82) is 0 Å². The van der Waals surface area contributed by atoms with Gasteiger partial charge in [-0.05, 0) is 4.33 Å². The summed E-state index contributed by atoms with van der Waals surface area (Å²) in [5, 5.41) is 0. The second-order valence-corrected chi connectivity index (χ2v) is 1.77. The first-order chi connectivity index (χ1) is 1.91. The van der Waals surface area contributed by atoms with Crippen LogP contribution in [0.2, 0.25) is 6.82 Å². The smallest absolute Gasteiger partial charge is 0.0957 e. The van der Waals surface area contributed by atoms with Crippen LogP contribution in [0.25, 0.3) is 0 Å². The highest BCUT2D eigenvalue weighted by Crippen LogP contribution is 1.71. The zero-order chi connectivity index (χ0) is 3.41. The maximum absolute atomic E-state index is 2.35. The van der Waals surface area contributed by atoms with Gasteiger partial charge in [-0.2, -0.15) is 0 Å². The molecular weight excluding hydrogens is 162 g/mol. The third-order valence-electron chi connectivity index (χ3n) is 0.189. The Morgan fingerprint density at radius 2 is 2.25 bits per heavy atom. The largest absolute Gasteiger partial charge is 0.129 e. The average Bonchev–Trinajstić information content (AvgIpc) is 1.37. The molecule has 0 aliphatic heterocycles. The maximum atomic E-state index is 2.35. The Labute approximate surface area is 41.4 Å². The molecule has 0 amide bonds. The predicted molar refractivity (Wildman–Crippen MR) is 31.9 cm³/mol. The summed E-state index contributed by atoms with van der Waals surface area (Å²) in [6.45, 7) is 2.17. The SMILES string of the molecule is CBCI. The zero-order valence-corrected chi connectivity index (χ0v) is 4.95. The van der Waals surface area contributed by atoms with Crippen LogP contribution in [0, 0.1) is 0 Å². The van der Waals surface area contributed by atoms with E-state index in [1.165, 1.54) is 11.6 Å². The lowest BCUT2D eigenvalue weighted by molar-refractivity contribution is 2.13. The van der Waals surface area contributed by atoms with Crippen molar-refractivity contribution in [3.8, 4) is 0 Å². The van der Waals surface area contributed by atoms with E-state index in [4.69, 9.17) is 0 Å². The summed E-state index contributed by atoms with van der Waals surface area (Å²) in [6.07, 6.45) is 0. The molecule has 0 rings (SSSR count). The number of alkyl halides is 1. The van der Waals surface area contributed by atoms with Crippen molar-refractivity contribution in [3.05, 3.63) is 0 Å². The van der Waals surface area contributed by atoms with Gasteiger partial charge >= 0.3 is 0 Å². The van der Waals surface area contributed by atoms with E-state index in [1.807, 2.05) is 0 Å². The molecule has 0 aliphatic rings. The molecule has 0 saturated carbocycles. The molecule has 4 heavy (non-hydrogen) atoms. The van der Waals surface area contributed by atoms with Gasteiger partial charge in [0, 0.05) is 0 Å². The first kappa shape index (κ1) is 4.79. The van der Waals surface area contributed by atoms with Crippen LogP contribution in [-0.2, 0) is 0 Å². The van der Waals surface area contributed by atoms with Crippen molar-refractivity contribution in [2.24, 2.45) is 0 Å². The Balaban J connectivity index is 1.97. The van der Waals surface area contributed by atoms with Crippen LogP contribution in [0.15, 0.2) is 0 Å². The fourth-order valence-corrected chi connectivity index (χ4v) is 0. The van der Waals surface area contributed by atoms with Crippen molar-refractivity contribution in [1.82, 2.24) is 0 Å². The van der Waals surface area contributed by atoms with Crippen LogP contribution < -0.4 is 0 Å². The minimum Gasteiger partial charge on any atom is -0.0957 e. The molecule has 0 saturated heterocycles. The molecule has 0 radical (unpaired) electrons. The molecule has 0 spiro atoms. The standard InChI is InChI=1S/C2H6BI/c1-3-2-4/h3H,2H2,1H3. The van der Waals surface area contributed by atoms with E-state index in [2.05, 4.69) is 29.4 Å². The van der Waals surface area contributed by atoms with E-state index < -0.39 is 0 Å². The van der Waals surface area contributed by atoms with Gasteiger partial charge in [0.25, 0.3) is 0 Å². The van der Waals surface area contributed by atoms with Crippen LogP contribution in [0.5, 0.6) is 0 Å². The molecule has 2 heteroatoms. The summed E-state index contributed by atoms with van der Waals surface area (Å²) < 4.78 is 1.29. The Morgan fingerprint density at radius 1 is 2.00 bits per heavy atom. The first-order valence-electron chi connectivity index (χ1n) is 1.47. The summed E-state index contributed by atoms with van der Waals surface area (Å²) in [5.74, 6) is 0. The summed E-state index contributed by atoms with van der Waals surface area (Å²) in [5.41, 5.74) is 0. The Bertz CT molecular complexity index is 8.00. The molecular formula is C2H6BI. The quantitative estimate of drug-likeness (QED) is 0.309. The van der Waals surface area contributed by atoms with Crippen molar-refractivity contribution in [2.75, 3.05) is 4.33 Å². The van der Waals surface area contributed by atoms with Gasteiger partial charge in [-0.1, -0.05) is 29.4 Å². The average molecular weight is 168 g/mol. The number of hydrogen-bond acceptors (Lipinski definition) is 0. The second-order valence-electron chi connectivity index (χ2n) is 0.689. The minimum atomic E-state index is 1.29. The molecule has 0 aromatic rings. The molecule has 24 valence electrons. The van der Waals surface area contributed by atoms with E-state index in [1.54, 1.807) is 0 Å². The third kappa shape index (κ3) is 2.79. The maximum Gasteiger partial charge on any atom is 0.129 e. The van der Waals surface area contributed by atoms with E-state index in [9.17, 15) is 0 Å². The normalized spacial score (nSPS) is 6.50. The Kier molecular flexibility index (Phi) is 4.55. The van der Waals surface area contributed by atoms with Crippen LogP contribution in [-0.4, -0.2) is 11.6 Å². The number of halogens is 1. The molecule has 0 unspecified atom stereocenters. The van der Waals surface area contributed by atoms with Crippen molar-refractivity contribution in [2.45, 2.75) is 6.82 Å². The molecule has 0 aromatic heterocycles. The monoisotopic (exact) mass is 168 g/mol. The minimum absolute atomic E-state index is 1.29. The predicted octanol–water partition coefficient (Wildman–Crippen LogP) is 0.863. The molecule has 0 bridgehead atoms. The molecule has 0 heterocycles. The van der Waals surface area contributed by atoms with Crippen molar-refractivity contribution < 1.29 is 0 Å². The zero-order valence-electron chi connectivity index (χ0n) is 2.79. The van der Waals surface area contributed by atoms with E-state index in [-0.39, 0.29) is 0 Å². The van der Waals surface area contributed by atoms with Gasteiger partial charge in [0.05, 0.1) is 0 Å². The van der Waals surface area contributed by atoms with E-state index >= 15 is 0 Å². The highest BCUT2D eigenvalue weighted by Gasteiger charge is 1.63. The fourth-order valence-electron chi connectivity index (χ4n) is 0. The van der Waals surface area contributed by atoms with E-state index in [0.29, 0.717) is 0 Å². The van der Waals surface area contributed by atoms with Gasteiger partial charge in [-0.25, -0.2) is 0 Å². The lowest BCUT2D eigenvalue weighted by Gasteiger charge is -1.61. The lowest BCUT2D eigenvalue weighted by atomic mass is 9.87. The molecule has 0 atom stereocenters. The number of rotatable bonds is 1. The Morgan fingerprint density at radius 3 is 2.25 bits per heavy atom. The lowest BCUT2D eigenvalue weighted by Crippen LogP contribution is -1.75. The molecule has 0 fully saturated rings. The van der Waals surface area contributed by atoms with Gasteiger partial charge in [-0.15, -0.1) is 0 Å². The Hall–Kier alpha value is 0.795. The molecule has 0 nitrogen and oxygen atoms in total. The van der Waals surface area contributed by atoms with Crippen LogP contribution >= 0.6 is 22.6 Å². The summed E-state index contributed by atoms with van der Waals surface area (Å²) >= 11 is 2.35. The van der Waals surface area contributed by atoms with Gasteiger partial charge in [0.15, 0.2) is 0 Å². The highest BCUT2D eigenvalue weighted by molar-refractivity contribution is 14.1. The highest BCUT2D eigenvalue weighted by atomic mass is 127. The van der Waals surface area contributed by atoms with Gasteiger partial charge in [0.1, 0.15) is 7.28 Å². The summed E-state index contributed by atoms with van der Waals surface area (Å²) in [7, 11) is 1.31. The third-order valence-corrected chi connectivity index (χ3v) is 1.27. The van der Waals surface area contributed by atoms with E-state index in [0.717, 1.165) is 0 Å². The summed E-state index contributed by atoms with van der Waals surface area (Å²) in [6, 6.07) is 0. The van der Waals surface area contributed by atoms with Gasteiger partial charge in [0.2, 0.25) is 0 Å².